The van der Waals surface area contributed by atoms with Crippen molar-refractivity contribution in [2.75, 3.05) is 7.11 Å². The van der Waals surface area contributed by atoms with Crippen LogP contribution in [0, 0.1) is 46.3 Å². The zero-order valence-corrected chi connectivity index (χ0v) is 19.8. The number of carbonyl (C=O) groups is 3. The molecule has 9 rings (SSSR count). The number of methoxy groups -OCH3 is 1. The SMILES string of the molecule is CCC(=O)OC(=O)C(c1cccc2c1Cc1ccccc1S2)C12C3C4C1C1C2C3C41C(=O)OC. The highest BCUT2D eigenvalue weighted by Gasteiger charge is 3.12. The van der Waals surface area contributed by atoms with Gasteiger partial charge in [0.1, 0.15) is 0 Å². The molecule has 172 valence electrons. The summed E-state index contributed by atoms with van der Waals surface area (Å²) in [7, 11) is 1.49. The molecular formula is C28H24O5S. The summed E-state index contributed by atoms with van der Waals surface area (Å²) in [5, 5.41) is 0. The highest BCUT2D eigenvalue weighted by molar-refractivity contribution is 7.99. The van der Waals surface area contributed by atoms with E-state index in [2.05, 4.69) is 36.4 Å². The minimum absolute atomic E-state index is 0.0464. The van der Waals surface area contributed by atoms with Crippen molar-refractivity contribution >= 4 is 29.7 Å². The zero-order valence-electron chi connectivity index (χ0n) is 18.9. The van der Waals surface area contributed by atoms with Crippen molar-refractivity contribution in [3.8, 4) is 0 Å². The maximum atomic E-state index is 13.7. The van der Waals surface area contributed by atoms with E-state index in [1.54, 1.807) is 18.7 Å². The first-order valence-corrected chi connectivity index (χ1v) is 13.0. The number of hydrogen-bond acceptors (Lipinski definition) is 6. The molecule has 34 heavy (non-hydrogen) atoms. The lowest BCUT2D eigenvalue weighted by Crippen LogP contribution is -3.11. The van der Waals surface area contributed by atoms with Crippen LogP contribution in [0.2, 0.25) is 0 Å². The molecule has 6 saturated carbocycles. The van der Waals surface area contributed by atoms with Gasteiger partial charge in [-0.25, -0.2) is 0 Å². The number of ether oxygens (including phenoxy) is 2. The van der Waals surface area contributed by atoms with Crippen molar-refractivity contribution in [1.82, 2.24) is 0 Å². The largest absolute Gasteiger partial charge is 0.469 e. The van der Waals surface area contributed by atoms with Gasteiger partial charge in [-0.2, -0.15) is 0 Å². The summed E-state index contributed by atoms with van der Waals surface area (Å²) >= 11 is 1.75. The molecule has 2 aromatic rings. The smallest absolute Gasteiger partial charge is 0.321 e. The Bertz CT molecular complexity index is 1290. The van der Waals surface area contributed by atoms with Crippen molar-refractivity contribution in [3.63, 3.8) is 0 Å². The van der Waals surface area contributed by atoms with Gasteiger partial charge < -0.3 is 9.47 Å². The van der Waals surface area contributed by atoms with E-state index in [9.17, 15) is 14.4 Å². The van der Waals surface area contributed by atoms with Gasteiger partial charge in [-0.3, -0.25) is 14.4 Å². The highest BCUT2D eigenvalue weighted by Crippen LogP contribution is 3.12. The summed E-state index contributed by atoms with van der Waals surface area (Å²) < 4.78 is 10.6. The van der Waals surface area contributed by atoms with E-state index in [0.29, 0.717) is 35.5 Å². The molecule has 7 aliphatic rings. The molecule has 0 bridgehead atoms. The number of rotatable bonds is 5. The molecule has 0 aromatic heterocycles. The number of hydrogen-bond donors (Lipinski definition) is 0. The highest BCUT2D eigenvalue weighted by atomic mass is 32.2. The third-order valence-corrected chi connectivity index (χ3v) is 11.7. The van der Waals surface area contributed by atoms with Crippen LogP contribution < -0.4 is 0 Å². The Kier molecular flexibility index (Phi) is 3.45. The molecule has 5 nitrogen and oxygen atoms in total. The second kappa shape index (κ2) is 5.96. The van der Waals surface area contributed by atoms with Crippen LogP contribution >= 0.6 is 11.8 Å². The molecule has 0 spiro atoms. The monoisotopic (exact) mass is 472 g/mol. The molecule has 0 radical (unpaired) electrons. The van der Waals surface area contributed by atoms with Gasteiger partial charge >= 0.3 is 17.9 Å². The van der Waals surface area contributed by atoms with Crippen LogP contribution in [0.5, 0.6) is 0 Å². The molecule has 6 fully saturated rings. The Morgan fingerprint density at radius 1 is 0.971 bits per heavy atom. The van der Waals surface area contributed by atoms with Gasteiger partial charge in [0.25, 0.3) is 0 Å². The topological polar surface area (TPSA) is 69.7 Å². The lowest BCUT2D eigenvalue weighted by molar-refractivity contribution is -0.646. The van der Waals surface area contributed by atoms with Crippen molar-refractivity contribution in [2.45, 2.75) is 35.5 Å². The molecule has 0 saturated heterocycles. The summed E-state index contributed by atoms with van der Waals surface area (Å²) in [6, 6.07) is 14.7. The Morgan fingerprint density at radius 3 is 2.32 bits per heavy atom. The fraction of sp³-hybridized carbons (Fsp3) is 0.464. The average molecular weight is 473 g/mol. The van der Waals surface area contributed by atoms with Crippen molar-refractivity contribution in [2.24, 2.45) is 46.3 Å². The van der Waals surface area contributed by atoms with E-state index in [0.717, 1.165) is 12.0 Å². The fourth-order valence-electron chi connectivity index (χ4n) is 9.81. The minimum Gasteiger partial charge on any atom is -0.469 e. The third-order valence-electron chi connectivity index (χ3n) is 10.5. The Labute approximate surface area is 201 Å². The lowest BCUT2D eigenvalue weighted by atomic mass is 8.91. The standard InChI is InChI=1S/C28H24O5S/c1-3-17(29)33-25(30)18(13-8-6-10-16-14(13)11-12-7-4-5-9-15(12)34-16)27-19-22-20(27)24-21(27)23(19)28(22,24)26(31)32-2/h4-10,18-24H,3,11H2,1-2H3. The number of carbonyl (C=O) groups excluding carboxylic acids is 3. The maximum Gasteiger partial charge on any atom is 0.321 e. The molecule has 1 heterocycles. The fourth-order valence-corrected chi connectivity index (χ4v) is 10.9. The van der Waals surface area contributed by atoms with Crippen LogP contribution in [0.4, 0.5) is 0 Å². The van der Waals surface area contributed by atoms with Crippen LogP contribution in [-0.2, 0) is 30.3 Å². The first-order chi connectivity index (χ1) is 16.5. The zero-order chi connectivity index (χ0) is 23.1. The summed E-state index contributed by atoms with van der Waals surface area (Å²) in [5.74, 6) is 0.832. The van der Waals surface area contributed by atoms with Crippen LogP contribution in [-0.4, -0.2) is 25.0 Å². The van der Waals surface area contributed by atoms with Crippen molar-refractivity contribution in [3.05, 3.63) is 59.2 Å². The molecule has 2 aromatic carbocycles. The average Bonchev–Trinajstić information content (AvgIpc) is 2.87. The molecule has 6 aliphatic carbocycles. The lowest BCUT2D eigenvalue weighted by Gasteiger charge is -3.11. The molecular weight excluding hydrogens is 448 g/mol. The molecule has 1 aliphatic heterocycles. The van der Waals surface area contributed by atoms with E-state index in [1.165, 1.54) is 28.0 Å². The molecule has 6 heteroatoms. The Balaban J connectivity index is 1.21. The molecule has 0 N–H and O–H groups in total. The van der Waals surface area contributed by atoms with Gasteiger partial charge in [-0.1, -0.05) is 49.0 Å². The van der Waals surface area contributed by atoms with Crippen molar-refractivity contribution in [1.29, 1.82) is 0 Å². The molecule has 1 atom stereocenters. The van der Waals surface area contributed by atoms with Gasteiger partial charge in [0.15, 0.2) is 0 Å². The van der Waals surface area contributed by atoms with Crippen LogP contribution in [0.15, 0.2) is 52.3 Å². The second-order valence-electron chi connectivity index (χ2n) is 10.9. The normalized spacial score (nSPS) is 40.4. The van der Waals surface area contributed by atoms with Crippen LogP contribution in [0.3, 0.4) is 0 Å². The van der Waals surface area contributed by atoms with Gasteiger partial charge in [-0.15, -0.1) is 0 Å². The second-order valence-corrected chi connectivity index (χ2v) is 12.0. The minimum atomic E-state index is -0.470. The Morgan fingerprint density at radius 2 is 1.65 bits per heavy atom. The predicted octanol–water partition coefficient (Wildman–Crippen LogP) is 4.22. The van der Waals surface area contributed by atoms with Crippen LogP contribution in [0.25, 0.3) is 0 Å². The number of esters is 3. The summed E-state index contributed by atoms with van der Waals surface area (Å²) in [6.07, 6.45) is 0.954. The summed E-state index contributed by atoms with van der Waals surface area (Å²) in [6.45, 7) is 1.72. The van der Waals surface area contributed by atoms with E-state index >= 15 is 0 Å². The first kappa shape index (κ1) is 19.7. The van der Waals surface area contributed by atoms with E-state index in [-0.39, 0.29) is 23.2 Å². The van der Waals surface area contributed by atoms with Gasteiger partial charge in [0.05, 0.1) is 18.4 Å². The quantitative estimate of drug-likeness (QED) is 0.409. The van der Waals surface area contributed by atoms with Gasteiger partial charge in [-0.05, 0) is 76.2 Å². The van der Waals surface area contributed by atoms with Gasteiger partial charge in [0.2, 0.25) is 0 Å². The number of benzene rings is 2. The van der Waals surface area contributed by atoms with E-state index in [4.69, 9.17) is 9.47 Å². The van der Waals surface area contributed by atoms with Crippen molar-refractivity contribution < 1.29 is 23.9 Å². The molecule has 0 amide bonds. The number of fused-ring (bicyclic) bond motifs is 2. The van der Waals surface area contributed by atoms with Crippen LogP contribution in [0.1, 0.15) is 36.0 Å². The van der Waals surface area contributed by atoms with Gasteiger partial charge in [0, 0.05) is 16.2 Å². The van der Waals surface area contributed by atoms with E-state index in [1.807, 2.05) is 6.07 Å². The third kappa shape index (κ3) is 1.69. The Hall–Kier alpha value is -2.60. The summed E-state index contributed by atoms with van der Waals surface area (Å²) in [5.41, 5.74) is 3.08. The predicted molar refractivity (Wildman–Crippen MR) is 122 cm³/mol. The summed E-state index contributed by atoms with van der Waals surface area (Å²) in [4.78, 5) is 40.9. The maximum absolute atomic E-state index is 13.7. The van der Waals surface area contributed by atoms with E-state index < -0.39 is 17.9 Å². The molecule has 1 unspecified atom stereocenters. The first-order valence-electron chi connectivity index (χ1n) is 12.2.